The topological polar surface area (TPSA) is 70.4 Å². The second-order valence-corrected chi connectivity index (χ2v) is 2.39. The van der Waals surface area contributed by atoms with Crippen LogP contribution in [0.5, 0.6) is 0 Å². The molecule has 1 saturated heterocycles. The van der Waals surface area contributed by atoms with Crippen molar-refractivity contribution in [2.75, 3.05) is 0 Å². The summed E-state index contributed by atoms with van der Waals surface area (Å²) in [5, 5.41) is 1.11. The first-order valence-corrected chi connectivity index (χ1v) is 3.18. The van der Waals surface area contributed by atoms with Crippen molar-refractivity contribution in [3.05, 3.63) is 0 Å². The fourth-order valence-corrected chi connectivity index (χ4v) is 0.750. The fourth-order valence-electron chi connectivity index (χ4n) is 0.601. The number of rotatable bonds is 0. The van der Waals surface area contributed by atoms with Crippen molar-refractivity contribution in [2.45, 2.75) is 13.0 Å². The van der Waals surface area contributed by atoms with Crippen molar-refractivity contribution in [1.82, 2.24) is 15.9 Å². The molecule has 5 nitrogen and oxygen atoms in total. The summed E-state index contributed by atoms with van der Waals surface area (Å²) in [6, 6.07) is -0.323. The summed E-state index contributed by atoms with van der Waals surface area (Å²) in [5.41, 5.74) is 5.22. The van der Waals surface area contributed by atoms with E-state index in [1.807, 2.05) is 0 Å². The SMILES string of the molecule is CC1NNC(=S)N(N)C1=O. The van der Waals surface area contributed by atoms with E-state index in [0.717, 1.165) is 5.01 Å². The first kappa shape index (κ1) is 7.39. The van der Waals surface area contributed by atoms with Crippen molar-refractivity contribution in [1.29, 1.82) is 0 Å². The van der Waals surface area contributed by atoms with Crippen LogP contribution in [0.25, 0.3) is 0 Å². The lowest BCUT2D eigenvalue weighted by atomic mass is 10.3. The van der Waals surface area contributed by atoms with Gasteiger partial charge in [0.2, 0.25) is 5.11 Å². The largest absolute Gasteiger partial charge is 0.296 e. The van der Waals surface area contributed by atoms with Gasteiger partial charge < -0.3 is 0 Å². The maximum Gasteiger partial charge on any atom is 0.261 e. The van der Waals surface area contributed by atoms with Crippen LogP contribution in [0, 0.1) is 0 Å². The molecule has 0 aliphatic carbocycles. The van der Waals surface area contributed by atoms with Gasteiger partial charge in [0.05, 0.1) is 0 Å². The van der Waals surface area contributed by atoms with Crippen LogP contribution >= 0.6 is 12.2 Å². The summed E-state index contributed by atoms with van der Waals surface area (Å²) in [7, 11) is 0. The highest BCUT2D eigenvalue weighted by atomic mass is 32.1. The highest BCUT2D eigenvalue weighted by Gasteiger charge is 2.25. The Morgan fingerprint density at radius 3 is 2.90 bits per heavy atom. The third kappa shape index (κ3) is 1.08. The van der Waals surface area contributed by atoms with E-state index in [1.54, 1.807) is 6.92 Å². The molecule has 1 aliphatic rings. The summed E-state index contributed by atoms with van der Waals surface area (Å²) in [6.07, 6.45) is 0. The molecule has 0 aromatic rings. The van der Waals surface area contributed by atoms with Crippen LogP contribution in [0.4, 0.5) is 0 Å². The Bertz CT molecular complexity index is 182. The summed E-state index contributed by atoms with van der Waals surface area (Å²) < 4.78 is 0. The first-order valence-electron chi connectivity index (χ1n) is 2.77. The van der Waals surface area contributed by atoms with Crippen LogP contribution in [-0.4, -0.2) is 22.1 Å². The zero-order chi connectivity index (χ0) is 7.72. The lowest BCUT2D eigenvalue weighted by molar-refractivity contribution is -0.130. The van der Waals surface area contributed by atoms with Gasteiger partial charge in [0.25, 0.3) is 5.91 Å². The Hall–Kier alpha value is -0.720. The number of nitrogens with one attached hydrogen (secondary N) is 2. The third-order valence-corrected chi connectivity index (χ3v) is 1.52. The molecule has 1 aliphatic heterocycles. The second kappa shape index (κ2) is 2.49. The highest BCUT2D eigenvalue weighted by Crippen LogP contribution is 1.93. The highest BCUT2D eigenvalue weighted by molar-refractivity contribution is 7.80. The van der Waals surface area contributed by atoms with E-state index in [0.29, 0.717) is 0 Å². The second-order valence-electron chi connectivity index (χ2n) is 2.00. The maximum absolute atomic E-state index is 10.9. The Balaban J connectivity index is 2.70. The molecule has 1 amide bonds. The van der Waals surface area contributed by atoms with Gasteiger partial charge in [0.15, 0.2) is 0 Å². The fraction of sp³-hybridized carbons (Fsp3) is 0.500. The number of hydrogen-bond acceptors (Lipinski definition) is 4. The minimum Gasteiger partial charge on any atom is -0.296 e. The minimum atomic E-state index is -0.323. The van der Waals surface area contributed by atoms with E-state index in [1.165, 1.54) is 0 Å². The molecule has 10 heavy (non-hydrogen) atoms. The van der Waals surface area contributed by atoms with E-state index >= 15 is 0 Å². The molecule has 0 spiro atoms. The van der Waals surface area contributed by atoms with E-state index in [-0.39, 0.29) is 17.1 Å². The summed E-state index contributed by atoms with van der Waals surface area (Å²) in [5.74, 6) is 5.02. The number of hydrazine groups is 2. The molecule has 1 rings (SSSR count). The van der Waals surface area contributed by atoms with Crippen molar-refractivity contribution in [2.24, 2.45) is 5.84 Å². The average molecular weight is 160 g/mol. The summed E-state index contributed by atoms with van der Waals surface area (Å²) in [4.78, 5) is 10.9. The van der Waals surface area contributed by atoms with Gasteiger partial charge in [-0.05, 0) is 19.1 Å². The first-order chi connectivity index (χ1) is 4.63. The number of carbonyl (C=O) groups is 1. The van der Waals surface area contributed by atoms with Crippen molar-refractivity contribution in [3.63, 3.8) is 0 Å². The van der Waals surface area contributed by atoms with Crippen LogP contribution < -0.4 is 16.7 Å². The number of nitrogens with two attached hydrogens (primary N) is 1. The molecule has 4 N–H and O–H groups in total. The lowest BCUT2D eigenvalue weighted by Crippen LogP contribution is -2.65. The van der Waals surface area contributed by atoms with Crippen LogP contribution in [-0.2, 0) is 4.79 Å². The molecular weight excluding hydrogens is 152 g/mol. The monoisotopic (exact) mass is 160 g/mol. The molecular formula is C4H8N4OS. The smallest absolute Gasteiger partial charge is 0.261 e. The Morgan fingerprint density at radius 1 is 1.80 bits per heavy atom. The van der Waals surface area contributed by atoms with E-state index < -0.39 is 0 Å². The number of nitrogens with zero attached hydrogens (tertiary/aromatic N) is 1. The molecule has 1 heterocycles. The summed E-state index contributed by atoms with van der Waals surface area (Å²) in [6.45, 7) is 1.69. The molecule has 0 bridgehead atoms. The van der Waals surface area contributed by atoms with Gasteiger partial charge in [-0.3, -0.25) is 10.2 Å². The van der Waals surface area contributed by atoms with Crippen LogP contribution in [0.3, 0.4) is 0 Å². The quantitative estimate of drug-likeness (QED) is 0.228. The standard InChI is InChI=1S/C4H8N4OS/c1-2-3(9)8(5)4(10)7-6-2/h2,6H,5H2,1H3,(H,7,10). The Labute approximate surface area is 63.5 Å². The van der Waals surface area contributed by atoms with Crippen LogP contribution in [0.15, 0.2) is 0 Å². The van der Waals surface area contributed by atoms with Gasteiger partial charge in [-0.15, -0.1) is 0 Å². The van der Waals surface area contributed by atoms with Crippen molar-refractivity contribution in [3.8, 4) is 0 Å². The van der Waals surface area contributed by atoms with Gasteiger partial charge in [0, 0.05) is 0 Å². The minimum absolute atomic E-state index is 0.197. The average Bonchev–Trinajstić information content (AvgIpc) is 1.93. The van der Waals surface area contributed by atoms with E-state index in [4.69, 9.17) is 5.84 Å². The van der Waals surface area contributed by atoms with Crippen LogP contribution in [0.2, 0.25) is 0 Å². The summed E-state index contributed by atoms with van der Waals surface area (Å²) >= 11 is 4.66. The molecule has 1 atom stereocenters. The molecule has 56 valence electrons. The zero-order valence-electron chi connectivity index (χ0n) is 5.42. The predicted octanol–water partition coefficient (Wildman–Crippen LogP) is -1.53. The van der Waals surface area contributed by atoms with Gasteiger partial charge in [-0.25, -0.2) is 16.3 Å². The number of hydrogen-bond donors (Lipinski definition) is 3. The number of amides is 1. The van der Waals surface area contributed by atoms with Gasteiger partial charge >= 0.3 is 0 Å². The molecule has 0 aromatic heterocycles. The van der Waals surface area contributed by atoms with Crippen LogP contribution in [0.1, 0.15) is 6.92 Å². The Kier molecular flexibility index (Phi) is 1.84. The molecule has 1 unspecified atom stereocenters. The molecule has 0 radical (unpaired) electrons. The predicted molar refractivity (Wildman–Crippen MR) is 39.4 cm³/mol. The zero-order valence-corrected chi connectivity index (χ0v) is 6.23. The van der Waals surface area contributed by atoms with Gasteiger partial charge in [-0.2, -0.15) is 0 Å². The maximum atomic E-state index is 10.9. The van der Waals surface area contributed by atoms with Gasteiger partial charge in [-0.1, -0.05) is 0 Å². The Morgan fingerprint density at radius 2 is 2.40 bits per heavy atom. The van der Waals surface area contributed by atoms with Gasteiger partial charge in [0.1, 0.15) is 6.04 Å². The molecule has 0 saturated carbocycles. The third-order valence-electron chi connectivity index (χ3n) is 1.22. The molecule has 6 heteroatoms. The normalized spacial score (nSPS) is 26.6. The number of thiocarbonyl (C=S) groups is 1. The van der Waals surface area contributed by atoms with Crippen molar-refractivity contribution < 1.29 is 4.79 Å². The number of carbonyl (C=O) groups excluding carboxylic acids is 1. The van der Waals surface area contributed by atoms with E-state index in [2.05, 4.69) is 23.1 Å². The molecule has 1 fully saturated rings. The lowest BCUT2D eigenvalue weighted by Gasteiger charge is -2.28. The van der Waals surface area contributed by atoms with E-state index in [9.17, 15) is 4.79 Å². The van der Waals surface area contributed by atoms with Crippen molar-refractivity contribution >= 4 is 23.2 Å². The molecule has 0 aromatic carbocycles.